The van der Waals surface area contributed by atoms with E-state index in [1.54, 1.807) is 26.9 Å². The van der Waals surface area contributed by atoms with E-state index in [1.165, 1.54) is 11.3 Å². The van der Waals surface area contributed by atoms with E-state index >= 15 is 0 Å². The van der Waals surface area contributed by atoms with E-state index in [0.29, 0.717) is 11.6 Å². The van der Waals surface area contributed by atoms with Crippen LogP contribution in [0.4, 0.5) is 5.69 Å². The average Bonchev–Trinajstić information content (AvgIpc) is 3.57. The predicted octanol–water partition coefficient (Wildman–Crippen LogP) is 6.45. The molecule has 182 valence electrons. The number of aromatic carboxylic acids is 1. The van der Waals surface area contributed by atoms with Crippen molar-refractivity contribution in [1.82, 2.24) is 14.6 Å². The number of fused-ring (bicyclic) bond motifs is 1. The van der Waals surface area contributed by atoms with E-state index in [4.69, 9.17) is 0 Å². The van der Waals surface area contributed by atoms with Crippen LogP contribution in [0.15, 0.2) is 42.7 Å². The number of hydrogen-bond acceptors (Lipinski definition) is 6. The smallest absolute Gasteiger partial charge is 0.348 e. The Morgan fingerprint density at radius 3 is 2.51 bits per heavy atom. The zero-order valence-corrected chi connectivity index (χ0v) is 21.6. The van der Waals surface area contributed by atoms with Crippen LogP contribution in [-0.2, 0) is 4.79 Å². The summed E-state index contributed by atoms with van der Waals surface area (Å²) >= 11 is 2.78. The molecule has 4 aromatic rings. The highest BCUT2D eigenvalue weighted by Gasteiger charge is 2.33. The van der Waals surface area contributed by atoms with E-state index in [1.807, 2.05) is 50.4 Å². The molecular formula is C26H28N4O3S2. The highest BCUT2D eigenvalue weighted by Crippen LogP contribution is 2.43. The molecule has 9 heteroatoms. The number of nitrogens with zero attached hydrogens (tertiary/aromatic N) is 4. The first kappa shape index (κ1) is 23.7. The summed E-state index contributed by atoms with van der Waals surface area (Å²) in [5.74, 6) is -0.362. The Morgan fingerprint density at radius 2 is 1.83 bits per heavy atom. The highest BCUT2D eigenvalue weighted by atomic mass is 32.1. The van der Waals surface area contributed by atoms with Gasteiger partial charge in [0.05, 0.1) is 10.6 Å². The number of carbonyl (C=O) groups excluding carboxylic acids is 1. The molecule has 0 aliphatic heterocycles. The average molecular weight is 509 g/mol. The SMILES string of the molecule is CC1CCC(C(=O)N(c2cc(-c3ccc(-c4cc5ncccn5n4)s3)sc2C(=O)O)C(C)C)CC1. The normalized spacial score (nSPS) is 18.3. The van der Waals surface area contributed by atoms with Crippen molar-refractivity contribution in [2.24, 2.45) is 11.8 Å². The zero-order valence-electron chi connectivity index (χ0n) is 20.0. The van der Waals surface area contributed by atoms with Gasteiger partial charge in [0.2, 0.25) is 5.91 Å². The molecule has 1 aliphatic rings. The van der Waals surface area contributed by atoms with Gasteiger partial charge >= 0.3 is 5.97 Å². The third-order valence-corrected chi connectivity index (χ3v) is 9.04. The topological polar surface area (TPSA) is 87.8 Å². The number of hydrogen-bond donors (Lipinski definition) is 1. The lowest BCUT2D eigenvalue weighted by Gasteiger charge is -2.33. The number of rotatable bonds is 6. The van der Waals surface area contributed by atoms with Gasteiger partial charge in [-0.05, 0) is 69.7 Å². The summed E-state index contributed by atoms with van der Waals surface area (Å²) in [6.45, 7) is 6.13. The summed E-state index contributed by atoms with van der Waals surface area (Å²) in [4.78, 5) is 34.8. The molecule has 0 radical (unpaired) electrons. The zero-order chi connectivity index (χ0) is 24.7. The molecule has 1 amide bonds. The maximum atomic E-state index is 13.6. The monoisotopic (exact) mass is 508 g/mol. The van der Waals surface area contributed by atoms with E-state index in [9.17, 15) is 14.7 Å². The molecule has 0 atom stereocenters. The van der Waals surface area contributed by atoms with Crippen molar-refractivity contribution in [3.63, 3.8) is 0 Å². The van der Waals surface area contributed by atoms with E-state index < -0.39 is 5.97 Å². The number of thiophene rings is 2. The lowest BCUT2D eigenvalue weighted by atomic mass is 9.82. The van der Waals surface area contributed by atoms with Crippen LogP contribution in [-0.4, -0.2) is 37.6 Å². The highest BCUT2D eigenvalue weighted by molar-refractivity contribution is 7.24. The first-order valence-electron chi connectivity index (χ1n) is 11.9. The fourth-order valence-electron chi connectivity index (χ4n) is 4.75. The Kier molecular flexibility index (Phi) is 6.46. The molecule has 7 nitrogen and oxygen atoms in total. The Labute approximate surface area is 212 Å². The second-order valence-corrected chi connectivity index (χ2v) is 11.6. The van der Waals surface area contributed by atoms with Crippen LogP contribution in [0.25, 0.3) is 26.0 Å². The summed E-state index contributed by atoms with van der Waals surface area (Å²) in [6, 6.07) is 9.49. The summed E-state index contributed by atoms with van der Waals surface area (Å²) in [5.41, 5.74) is 2.09. The lowest BCUT2D eigenvalue weighted by molar-refractivity contribution is -0.123. The number of amides is 1. The van der Waals surface area contributed by atoms with Crippen LogP contribution in [0, 0.1) is 11.8 Å². The number of aromatic nitrogens is 3. The fourth-order valence-corrected chi connectivity index (χ4v) is 6.78. The summed E-state index contributed by atoms with van der Waals surface area (Å²) in [6.07, 6.45) is 7.40. The molecule has 1 fully saturated rings. The van der Waals surface area contributed by atoms with Gasteiger partial charge in [0.1, 0.15) is 10.6 Å². The van der Waals surface area contributed by atoms with Crippen LogP contribution < -0.4 is 4.90 Å². The third-order valence-electron chi connectivity index (χ3n) is 6.62. The molecule has 1 N–H and O–H groups in total. The molecule has 1 saturated carbocycles. The van der Waals surface area contributed by atoms with E-state index in [0.717, 1.165) is 51.7 Å². The van der Waals surface area contributed by atoms with Crippen molar-refractivity contribution in [3.8, 4) is 20.3 Å². The molecule has 35 heavy (non-hydrogen) atoms. The van der Waals surface area contributed by atoms with Crippen LogP contribution in [0.1, 0.15) is 56.1 Å². The maximum Gasteiger partial charge on any atom is 0.348 e. The standard InChI is InChI=1S/C26H28N4O3S2/c1-15(2)30(25(31)17-7-5-16(3)6-8-17)19-14-22(35-24(19)26(32)33)21-10-9-20(34-21)18-13-23-27-11-4-12-29(23)28-18/h4,9-17H,5-8H2,1-3H3,(H,32,33). The summed E-state index contributed by atoms with van der Waals surface area (Å²) in [7, 11) is 0. The molecular weight excluding hydrogens is 480 g/mol. The minimum absolute atomic E-state index is 0.0443. The van der Waals surface area contributed by atoms with E-state index in [-0.39, 0.29) is 22.7 Å². The quantitative estimate of drug-likeness (QED) is 0.323. The van der Waals surface area contributed by atoms with E-state index in [2.05, 4.69) is 17.0 Å². The minimum Gasteiger partial charge on any atom is -0.477 e. The first-order valence-corrected chi connectivity index (χ1v) is 13.6. The van der Waals surface area contributed by atoms with Crippen molar-refractivity contribution in [3.05, 3.63) is 47.6 Å². The van der Waals surface area contributed by atoms with Crippen molar-refractivity contribution in [1.29, 1.82) is 0 Å². The third kappa shape index (κ3) is 4.62. The fraction of sp³-hybridized carbons (Fsp3) is 0.385. The van der Waals surface area contributed by atoms with Crippen LogP contribution in [0.3, 0.4) is 0 Å². The molecule has 0 bridgehead atoms. The molecule has 4 aromatic heterocycles. The van der Waals surface area contributed by atoms with Gasteiger partial charge in [-0.25, -0.2) is 14.3 Å². The number of carboxylic acid groups (broad SMARTS) is 1. The summed E-state index contributed by atoms with van der Waals surface area (Å²) < 4.78 is 1.73. The minimum atomic E-state index is -1.00. The van der Waals surface area contributed by atoms with Gasteiger partial charge in [0.15, 0.2) is 5.65 Å². The number of carbonyl (C=O) groups is 2. The molecule has 0 unspecified atom stereocenters. The second kappa shape index (κ2) is 9.54. The first-order chi connectivity index (χ1) is 16.8. The molecule has 1 aliphatic carbocycles. The van der Waals surface area contributed by atoms with Gasteiger partial charge in [0.25, 0.3) is 0 Å². The molecule has 0 saturated heterocycles. The number of carboxylic acids is 1. The Bertz CT molecular complexity index is 1350. The van der Waals surface area contributed by atoms with Gasteiger partial charge in [-0.15, -0.1) is 22.7 Å². The molecule has 0 aromatic carbocycles. The van der Waals surface area contributed by atoms with Crippen molar-refractivity contribution < 1.29 is 14.7 Å². The van der Waals surface area contributed by atoms with Gasteiger partial charge < -0.3 is 10.0 Å². The van der Waals surface area contributed by atoms with Crippen LogP contribution >= 0.6 is 22.7 Å². The van der Waals surface area contributed by atoms with Crippen LogP contribution in [0.5, 0.6) is 0 Å². The lowest BCUT2D eigenvalue weighted by Crippen LogP contribution is -2.42. The second-order valence-electron chi connectivity index (χ2n) is 9.50. The Balaban J connectivity index is 1.48. The van der Waals surface area contributed by atoms with Gasteiger partial charge in [-0.3, -0.25) is 4.79 Å². The summed E-state index contributed by atoms with van der Waals surface area (Å²) in [5, 5.41) is 14.6. The Hall–Kier alpha value is -3.04. The number of anilines is 1. The van der Waals surface area contributed by atoms with Crippen LogP contribution in [0.2, 0.25) is 0 Å². The van der Waals surface area contributed by atoms with Crippen molar-refractivity contribution >= 4 is 45.9 Å². The predicted molar refractivity (Wildman–Crippen MR) is 140 cm³/mol. The van der Waals surface area contributed by atoms with Crippen molar-refractivity contribution in [2.75, 3.05) is 4.90 Å². The van der Waals surface area contributed by atoms with Gasteiger partial charge in [-0.2, -0.15) is 5.10 Å². The van der Waals surface area contributed by atoms with Gasteiger partial charge in [0, 0.05) is 40.2 Å². The molecule has 4 heterocycles. The van der Waals surface area contributed by atoms with Crippen molar-refractivity contribution in [2.45, 2.75) is 52.5 Å². The van der Waals surface area contributed by atoms with Gasteiger partial charge in [-0.1, -0.05) is 6.92 Å². The molecule has 0 spiro atoms. The molecule has 5 rings (SSSR count). The Morgan fingerprint density at radius 1 is 1.09 bits per heavy atom. The maximum absolute atomic E-state index is 13.6. The largest absolute Gasteiger partial charge is 0.477 e.